The van der Waals surface area contributed by atoms with E-state index in [1.165, 1.54) is 16.4 Å². The summed E-state index contributed by atoms with van der Waals surface area (Å²) in [6, 6.07) is 4.95. The van der Waals surface area contributed by atoms with E-state index in [2.05, 4.69) is 5.32 Å². The zero-order chi connectivity index (χ0) is 16.8. The molecule has 2 atom stereocenters. The van der Waals surface area contributed by atoms with Crippen molar-refractivity contribution in [3.8, 4) is 0 Å². The highest BCUT2D eigenvalue weighted by molar-refractivity contribution is 7.89. The molecule has 0 aromatic heterocycles. The van der Waals surface area contributed by atoms with E-state index in [1.54, 1.807) is 20.0 Å². The van der Waals surface area contributed by atoms with Gasteiger partial charge in [-0.3, -0.25) is 10.1 Å². The first kappa shape index (κ1) is 16.4. The van der Waals surface area contributed by atoms with E-state index >= 15 is 0 Å². The number of hydrogen-bond donors (Lipinski definition) is 1. The van der Waals surface area contributed by atoms with Crippen molar-refractivity contribution < 1.29 is 13.3 Å². The Balaban J connectivity index is 1.97. The summed E-state index contributed by atoms with van der Waals surface area (Å²) in [7, 11) is -2.36. The highest BCUT2D eigenvalue weighted by atomic mass is 32.2. The second kappa shape index (κ2) is 5.85. The number of nitrogens with one attached hydrogen (secondary N) is 1. The first-order chi connectivity index (χ1) is 10.8. The van der Waals surface area contributed by atoms with Gasteiger partial charge in [0.05, 0.1) is 4.92 Å². The average Bonchev–Trinajstić information content (AvgIpc) is 2.84. The van der Waals surface area contributed by atoms with Crippen molar-refractivity contribution in [2.75, 3.05) is 7.05 Å². The van der Waals surface area contributed by atoms with Crippen LogP contribution in [0.4, 0.5) is 5.69 Å². The summed E-state index contributed by atoms with van der Waals surface area (Å²) in [5, 5.41) is 14.7. The van der Waals surface area contributed by atoms with Crippen molar-refractivity contribution >= 4 is 15.7 Å². The number of fused-ring (bicyclic) bond motifs is 2. The minimum absolute atomic E-state index is 0.113. The van der Waals surface area contributed by atoms with Crippen molar-refractivity contribution in [3.63, 3.8) is 0 Å². The predicted octanol–water partition coefficient (Wildman–Crippen LogP) is 1.81. The Morgan fingerprint density at radius 2 is 1.87 bits per heavy atom. The first-order valence-corrected chi connectivity index (χ1v) is 9.23. The summed E-state index contributed by atoms with van der Waals surface area (Å²) < 4.78 is 27.4. The van der Waals surface area contributed by atoms with Crippen LogP contribution >= 0.6 is 0 Å². The maximum atomic E-state index is 13.0. The average molecular weight is 339 g/mol. The van der Waals surface area contributed by atoms with Crippen LogP contribution in [-0.2, 0) is 10.0 Å². The van der Waals surface area contributed by atoms with Crippen LogP contribution in [0, 0.1) is 17.0 Å². The van der Waals surface area contributed by atoms with Gasteiger partial charge in [-0.15, -0.1) is 0 Å². The monoisotopic (exact) mass is 339 g/mol. The van der Waals surface area contributed by atoms with Crippen LogP contribution in [0.5, 0.6) is 0 Å². The van der Waals surface area contributed by atoms with Crippen molar-refractivity contribution in [1.29, 1.82) is 0 Å². The number of hydrogen-bond acceptors (Lipinski definition) is 5. The Morgan fingerprint density at radius 1 is 1.26 bits per heavy atom. The standard InChI is InChI=1S/C15H21N3O4S/c1-10-4-3-5-14(18(19)20)15(10)23(21,22)17(2)13-8-11-6-7-12(9-13)16-11/h3-5,11-13,16H,6-9H2,1-2H3. The van der Waals surface area contributed by atoms with Crippen LogP contribution in [0.1, 0.15) is 31.2 Å². The lowest BCUT2D eigenvalue weighted by atomic mass is 10.0. The van der Waals surface area contributed by atoms with Gasteiger partial charge in [-0.2, -0.15) is 4.31 Å². The molecule has 2 bridgehead atoms. The Hall–Kier alpha value is -1.51. The molecular weight excluding hydrogens is 318 g/mol. The molecule has 2 unspecified atom stereocenters. The van der Waals surface area contributed by atoms with E-state index in [-0.39, 0.29) is 16.6 Å². The SMILES string of the molecule is Cc1cccc([N+](=O)[O-])c1S(=O)(=O)N(C)C1CC2CCC(C1)N2. The number of sulfonamides is 1. The summed E-state index contributed by atoms with van der Waals surface area (Å²) >= 11 is 0. The maximum Gasteiger partial charge on any atom is 0.289 e. The van der Waals surface area contributed by atoms with Crippen LogP contribution in [0.2, 0.25) is 0 Å². The molecule has 23 heavy (non-hydrogen) atoms. The topological polar surface area (TPSA) is 92.5 Å². The van der Waals surface area contributed by atoms with Gasteiger partial charge in [0.15, 0.2) is 4.90 Å². The van der Waals surface area contributed by atoms with Gasteiger partial charge in [0.2, 0.25) is 10.0 Å². The molecule has 8 heteroatoms. The largest absolute Gasteiger partial charge is 0.311 e. The molecule has 2 aliphatic rings. The number of nitrogens with zero attached hydrogens (tertiary/aromatic N) is 2. The van der Waals surface area contributed by atoms with Gasteiger partial charge >= 0.3 is 0 Å². The number of nitro benzene ring substituents is 1. The summed E-state index contributed by atoms with van der Waals surface area (Å²) in [4.78, 5) is 10.4. The van der Waals surface area contributed by atoms with Crippen molar-refractivity contribution in [1.82, 2.24) is 9.62 Å². The van der Waals surface area contributed by atoms with Gasteiger partial charge in [-0.1, -0.05) is 12.1 Å². The Morgan fingerprint density at radius 3 is 2.43 bits per heavy atom. The molecule has 1 N–H and O–H groups in total. The molecular formula is C15H21N3O4S. The Labute approximate surface area is 135 Å². The van der Waals surface area contributed by atoms with E-state index in [0.717, 1.165) is 25.7 Å². The second-order valence-electron chi connectivity index (χ2n) is 6.46. The molecule has 1 aromatic rings. The van der Waals surface area contributed by atoms with E-state index in [0.29, 0.717) is 17.6 Å². The molecule has 0 amide bonds. The minimum atomic E-state index is -3.90. The fourth-order valence-electron chi connectivity index (χ4n) is 3.78. The van der Waals surface area contributed by atoms with Crippen molar-refractivity contribution in [3.05, 3.63) is 33.9 Å². The lowest BCUT2D eigenvalue weighted by Crippen LogP contribution is -2.48. The third kappa shape index (κ3) is 2.86. The quantitative estimate of drug-likeness (QED) is 0.667. The first-order valence-electron chi connectivity index (χ1n) is 7.79. The summed E-state index contributed by atoms with van der Waals surface area (Å²) in [6.07, 6.45) is 3.65. The van der Waals surface area contributed by atoms with E-state index in [4.69, 9.17) is 0 Å². The molecule has 0 aliphatic carbocycles. The zero-order valence-corrected chi connectivity index (χ0v) is 14.0. The van der Waals surface area contributed by atoms with Crippen LogP contribution in [0.3, 0.4) is 0 Å². The third-order valence-electron chi connectivity index (χ3n) is 4.99. The maximum absolute atomic E-state index is 13.0. The molecule has 2 fully saturated rings. The Bertz CT molecular complexity index is 722. The number of nitro groups is 1. The molecule has 2 aliphatic heterocycles. The summed E-state index contributed by atoms with van der Waals surface area (Å²) in [6.45, 7) is 1.60. The molecule has 7 nitrogen and oxygen atoms in total. The molecule has 1 aromatic carbocycles. The Kier molecular flexibility index (Phi) is 4.16. The lowest BCUT2D eigenvalue weighted by molar-refractivity contribution is -0.387. The van der Waals surface area contributed by atoms with Crippen LogP contribution in [-0.4, -0.2) is 42.8 Å². The highest BCUT2D eigenvalue weighted by Crippen LogP contribution is 2.34. The molecule has 0 spiro atoms. The predicted molar refractivity (Wildman–Crippen MR) is 85.7 cm³/mol. The normalized spacial score (nSPS) is 27.3. The number of piperidine rings is 1. The van der Waals surface area contributed by atoms with E-state index < -0.39 is 14.9 Å². The van der Waals surface area contributed by atoms with Gasteiger partial charge in [0.25, 0.3) is 5.69 Å². The molecule has 126 valence electrons. The van der Waals surface area contributed by atoms with E-state index in [9.17, 15) is 18.5 Å². The fourth-order valence-corrected chi connectivity index (χ4v) is 5.52. The van der Waals surface area contributed by atoms with Gasteiger partial charge in [-0.25, -0.2) is 8.42 Å². The zero-order valence-electron chi connectivity index (χ0n) is 13.2. The van der Waals surface area contributed by atoms with Gasteiger partial charge in [0, 0.05) is 31.2 Å². The highest BCUT2D eigenvalue weighted by Gasteiger charge is 2.41. The van der Waals surface area contributed by atoms with Crippen LogP contribution < -0.4 is 5.32 Å². The van der Waals surface area contributed by atoms with Gasteiger partial charge < -0.3 is 5.32 Å². The molecule has 0 radical (unpaired) electrons. The number of aryl methyl sites for hydroxylation is 1. The van der Waals surface area contributed by atoms with E-state index in [1.807, 2.05) is 0 Å². The number of rotatable bonds is 4. The van der Waals surface area contributed by atoms with Crippen LogP contribution in [0.15, 0.2) is 23.1 Å². The molecule has 0 saturated carbocycles. The summed E-state index contributed by atoms with van der Waals surface area (Å²) in [5.74, 6) is 0. The van der Waals surface area contributed by atoms with Crippen molar-refractivity contribution in [2.24, 2.45) is 0 Å². The van der Waals surface area contributed by atoms with Gasteiger partial charge in [-0.05, 0) is 38.2 Å². The summed E-state index contributed by atoms with van der Waals surface area (Å²) in [5.41, 5.74) is 0.0525. The smallest absolute Gasteiger partial charge is 0.289 e. The second-order valence-corrected chi connectivity index (χ2v) is 8.40. The molecule has 3 rings (SSSR count). The van der Waals surface area contributed by atoms with Crippen LogP contribution in [0.25, 0.3) is 0 Å². The molecule has 2 heterocycles. The fraction of sp³-hybridized carbons (Fsp3) is 0.600. The third-order valence-corrected chi connectivity index (χ3v) is 7.09. The minimum Gasteiger partial charge on any atom is -0.311 e. The van der Waals surface area contributed by atoms with Gasteiger partial charge in [0.1, 0.15) is 0 Å². The number of benzene rings is 1. The molecule has 2 saturated heterocycles. The lowest BCUT2D eigenvalue weighted by Gasteiger charge is -2.34. The van der Waals surface area contributed by atoms with Crippen molar-refractivity contribution in [2.45, 2.75) is 55.6 Å².